The monoisotopic (exact) mass is 259 g/mol. The van der Waals surface area contributed by atoms with Crippen LogP contribution in [0.25, 0.3) is 16.9 Å². The van der Waals surface area contributed by atoms with Crippen LogP contribution in [0.4, 0.5) is 0 Å². The molecule has 0 aliphatic heterocycles. The lowest BCUT2D eigenvalue weighted by Gasteiger charge is -2.07. The quantitative estimate of drug-likeness (QED) is 0.663. The van der Waals surface area contributed by atoms with Gasteiger partial charge in [0.15, 0.2) is 5.82 Å². The van der Waals surface area contributed by atoms with E-state index in [4.69, 9.17) is 11.6 Å². The summed E-state index contributed by atoms with van der Waals surface area (Å²) in [6, 6.07) is 7.73. The average molecular weight is 260 g/mol. The van der Waals surface area contributed by atoms with E-state index in [1.54, 1.807) is 4.68 Å². The van der Waals surface area contributed by atoms with Crippen molar-refractivity contribution in [3.63, 3.8) is 0 Å². The first kappa shape index (κ1) is 11.1. The van der Waals surface area contributed by atoms with Crippen LogP contribution in [0.1, 0.15) is 12.5 Å². The number of nitrogens with zero attached hydrogens (tertiary/aromatic N) is 5. The summed E-state index contributed by atoms with van der Waals surface area (Å²) in [6.45, 7) is 2.01. The predicted molar refractivity (Wildman–Crippen MR) is 68.8 cm³/mol. The molecule has 0 saturated heterocycles. The third-order valence-corrected chi connectivity index (χ3v) is 3.10. The number of halogens is 1. The molecule has 0 saturated carbocycles. The minimum Gasteiger partial charge on any atom is -0.224 e. The predicted octanol–water partition coefficient (Wildman–Crippen LogP) is 2.43. The fraction of sp³-hybridized carbons (Fsp3) is 0.167. The molecule has 0 radical (unpaired) electrons. The zero-order valence-electron chi connectivity index (χ0n) is 9.71. The number of hydrogen-bond acceptors (Lipinski definition) is 4. The highest BCUT2D eigenvalue weighted by molar-refractivity contribution is 6.30. The zero-order chi connectivity index (χ0) is 12.5. The Morgan fingerprint density at radius 1 is 1.22 bits per heavy atom. The summed E-state index contributed by atoms with van der Waals surface area (Å²) in [5.41, 5.74) is 2.60. The second kappa shape index (κ2) is 4.34. The normalized spacial score (nSPS) is 11.0. The van der Waals surface area contributed by atoms with E-state index < -0.39 is 0 Å². The van der Waals surface area contributed by atoms with Crippen LogP contribution in [0.5, 0.6) is 0 Å². The summed E-state index contributed by atoms with van der Waals surface area (Å²) in [5, 5.41) is 8.70. The van der Waals surface area contributed by atoms with Gasteiger partial charge < -0.3 is 0 Å². The minimum atomic E-state index is 0.460. The number of rotatable bonds is 2. The molecule has 0 amide bonds. The van der Waals surface area contributed by atoms with Crippen LogP contribution in [0.15, 0.2) is 30.6 Å². The van der Waals surface area contributed by atoms with Crippen molar-refractivity contribution in [2.45, 2.75) is 13.3 Å². The molecule has 0 atom stereocenters. The van der Waals surface area contributed by atoms with Gasteiger partial charge in [-0.2, -0.15) is 4.68 Å². The second-order valence-electron chi connectivity index (χ2n) is 3.81. The highest BCUT2D eigenvalue weighted by Gasteiger charge is 2.13. The van der Waals surface area contributed by atoms with E-state index in [1.165, 1.54) is 6.33 Å². The molecule has 6 heteroatoms. The van der Waals surface area contributed by atoms with Crippen molar-refractivity contribution in [2.24, 2.45) is 0 Å². The lowest BCUT2D eigenvalue weighted by atomic mass is 10.2. The fourth-order valence-electron chi connectivity index (χ4n) is 1.89. The van der Waals surface area contributed by atoms with Crippen LogP contribution in [0.3, 0.4) is 0 Å². The molecule has 0 N–H and O–H groups in total. The molecule has 3 aromatic rings. The van der Waals surface area contributed by atoms with Gasteiger partial charge in [0, 0.05) is 5.56 Å². The summed E-state index contributed by atoms with van der Waals surface area (Å²) in [7, 11) is 0. The molecular formula is C12H10ClN5. The van der Waals surface area contributed by atoms with Crippen molar-refractivity contribution < 1.29 is 0 Å². The summed E-state index contributed by atoms with van der Waals surface area (Å²) in [4.78, 5) is 8.26. The highest BCUT2D eigenvalue weighted by Crippen LogP contribution is 2.21. The van der Waals surface area contributed by atoms with Gasteiger partial charge in [-0.25, -0.2) is 9.97 Å². The molecule has 2 heterocycles. The lowest BCUT2D eigenvalue weighted by molar-refractivity contribution is 0.783. The molecule has 5 nitrogen and oxygen atoms in total. The molecule has 90 valence electrons. The largest absolute Gasteiger partial charge is 0.224 e. The van der Waals surface area contributed by atoms with Gasteiger partial charge in [0.25, 0.3) is 0 Å². The van der Waals surface area contributed by atoms with E-state index in [1.807, 2.05) is 31.2 Å². The van der Waals surface area contributed by atoms with E-state index in [0.717, 1.165) is 23.0 Å². The Bertz CT molecular complexity index is 707. The van der Waals surface area contributed by atoms with Crippen molar-refractivity contribution in [3.8, 4) is 5.82 Å². The molecule has 0 aliphatic carbocycles. The highest BCUT2D eigenvalue weighted by atomic mass is 35.5. The van der Waals surface area contributed by atoms with E-state index in [2.05, 4.69) is 20.3 Å². The maximum Gasteiger partial charge on any atom is 0.163 e. The van der Waals surface area contributed by atoms with Crippen LogP contribution >= 0.6 is 11.6 Å². The van der Waals surface area contributed by atoms with Gasteiger partial charge in [-0.05, 0) is 18.6 Å². The number of hydrogen-bond donors (Lipinski definition) is 0. The standard InChI is InChI=1S/C12H10ClN5/c1-2-8-11(13)14-7-15-12(8)18-10-6-4-3-5-9(10)16-17-18/h3-7H,2H2,1H3. The van der Waals surface area contributed by atoms with Crippen molar-refractivity contribution in [1.29, 1.82) is 0 Å². The van der Waals surface area contributed by atoms with Crippen LogP contribution in [-0.2, 0) is 6.42 Å². The number of aromatic nitrogens is 5. The molecule has 3 rings (SSSR count). The third kappa shape index (κ3) is 1.64. The van der Waals surface area contributed by atoms with Gasteiger partial charge in [0.2, 0.25) is 0 Å². The molecule has 0 spiro atoms. The smallest absolute Gasteiger partial charge is 0.163 e. The van der Waals surface area contributed by atoms with Gasteiger partial charge in [0.05, 0.1) is 5.52 Å². The van der Waals surface area contributed by atoms with Crippen molar-refractivity contribution in [1.82, 2.24) is 25.0 Å². The van der Waals surface area contributed by atoms with E-state index in [9.17, 15) is 0 Å². The maximum absolute atomic E-state index is 6.08. The molecule has 18 heavy (non-hydrogen) atoms. The van der Waals surface area contributed by atoms with E-state index in [-0.39, 0.29) is 0 Å². The first-order valence-corrected chi connectivity index (χ1v) is 5.99. The molecule has 0 bridgehead atoms. The van der Waals surface area contributed by atoms with Gasteiger partial charge in [-0.15, -0.1) is 5.10 Å². The molecule has 0 fully saturated rings. The summed E-state index contributed by atoms with van der Waals surface area (Å²) >= 11 is 6.08. The Morgan fingerprint density at radius 3 is 2.89 bits per heavy atom. The van der Waals surface area contributed by atoms with E-state index >= 15 is 0 Å². The zero-order valence-corrected chi connectivity index (χ0v) is 10.5. The summed E-state index contributed by atoms with van der Waals surface area (Å²) in [6.07, 6.45) is 2.18. The van der Waals surface area contributed by atoms with Gasteiger partial charge in [0.1, 0.15) is 17.0 Å². The average Bonchev–Trinajstić information content (AvgIpc) is 2.82. The maximum atomic E-state index is 6.08. The second-order valence-corrected chi connectivity index (χ2v) is 4.17. The molecule has 2 aromatic heterocycles. The Labute approximate surface area is 108 Å². The topological polar surface area (TPSA) is 56.5 Å². The molecular weight excluding hydrogens is 250 g/mol. The van der Waals surface area contributed by atoms with Crippen molar-refractivity contribution in [3.05, 3.63) is 41.3 Å². The fourth-order valence-corrected chi connectivity index (χ4v) is 2.16. The lowest BCUT2D eigenvalue weighted by Crippen LogP contribution is -2.05. The van der Waals surface area contributed by atoms with Crippen LogP contribution in [0.2, 0.25) is 5.15 Å². The first-order chi connectivity index (χ1) is 8.81. The summed E-state index contributed by atoms with van der Waals surface area (Å²) < 4.78 is 1.70. The number of benzene rings is 1. The third-order valence-electron chi connectivity index (χ3n) is 2.78. The van der Waals surface area contributed by atoms with Crippen molar-refractivity contribution >= 4 is 22.6 Å². The van der Waals surface area contributed by atoms with Gasteiger partial charge >= 0.3 is 0 Å². The molecule has 1 aromatic carbocycles. The molecule has 0 unspecified atom stereocenters. The van der Waals surface area contributed by atoms with Crippen LogP contribution in [-0.4, -0.2) is 25.0 Å². The Kier molecular flexibility index (Phi) is 2.68. The molecule has 0 aliphatic rings. The van der Waals surface area contributed by atoms with Crippen molar-refractivity contribution in [2.75, 3.05) is 0 Å². The minimum absolute atomic E-state index is 0.460. The Hall–Kier alpha value is -2.01. The Balaban J connectivity index is 2.30. The van der Waals surface area contributed by atoms with Gasteiger partial charge in [-0.1, -0.05) is 35.9 Å². The van der Waals surface area contributed by atoms with E-state index in [0.29, 0.717) is 11.0 Å². The summed E-state index contributed by atoms with van der Waals surface area (Å²) in [5.74, 6) is 0.686. The van der Waals surface area contributed by atoms with Crippen LogP contribution < -0.4 is 0 Å². The SMILES string of the molecule is CCc1c(Cl)ncnc1-n1nnc2ccccc21. The van der Waals surface area contributed by atoms with Gasteiger partial charge in [-0.3, -0.25) is 0 Å². The van der Waals surface area contributed by atoms with Crippen LogP contribution in [0, 0.1) is 0 Å². The first-order valence-electron chi connectivity index (χ1n) is 5.61. The number of fused-ring (bicyclic) bond motifs is 1. The Morgan fingerprint density at radius 2 is 2.06 bits per heavy atom. The number of para-hydroxylation sites is 1.